The summed E-state index contributed by atoms with van der Waals surface area (Å²) in [4.78, 5) is 2.20. The summed E-state index contributed by atoms with van der Waals surface area (Å²) in [5, 5.41) is 12.0. The van der Waals surface area contributed by atoms with E-state index in [0.717, 1.165) is 31.8 Å². The second-order valence-electron chi connectivity index (χ2n) is 4.21. The van der Waals surface area contributed by atoms with Gasteiger partial charge in [-0.05, 0) is 19.2 Å². The van der Waals surface area contributed by atoms with E-state index in [1.165, 1.54) is 6.07 Å². The van der Waals surface area contributed by atoms with Gasteiger partial charge in [-0.3, -0.25) is 5.32 Å². The fraction of sp³-hybridized carbons (Fsp3) is 0.500. The Morgan fingerprint density at radius 1 is 1.32 bits per heavy atom. The van der Waals surface area contributed by atoms with Crippen molar-refractivity contribution in [2.75, 3.05) is 26.2 Å². The van der Waals surface area contributed by atoms with Crippen LogP contribution in [-0.2, 0) is 0 Å². The molecule has 0 aliphatic carbocycles. The lowest BCUT2D eigenvalue weighted by molar-refractivity contribution is 0.300. The van der Waals surface area contributed by atoms with E-state index >= 15 is 0 Å². The maximum absolute atomic E-state index is 13.6. The summed E-state index contributed by atoms with van der Waals surface area (Å²) in [6, 6.07) is 4.51. The summed E-state index contributed by atoms with van der Waals surface area (Å²) in [7, 11) is 0. The van der Waals surface area contributed by atoms with Crippen LogP contribution >= 0.6 is 0 Å². The molecule has 3 nitrogen and oxygen atoms in total. The van der Waals surface area contributed by atoms with Crippen molar-refractivity contribution in [3.05, 3.63) is 35.4 Å². The molecule has 1 N–H and O–H groups in total. The van der Waals surface area contributed by atoms with E-state index in [9.17, 15) is 8.78 Å². The van der Waals surface area contributed by atoms with Crippen LogP contribution in [0.3, 0.4) is 0 Å². The molecular formula is C14H19F2N3. The standard InChI is InChI=1S/C14H19F2N3/c1-3-19(4-2)8-7-18-14(10-17)12-6-5-11(15)9-13(12)16/h5-6,9,14,18H,3-4,7-8H2,1-2H3. The number of nitrogens with one attached hydrogen (secondary N) is 1. The monoisotopic (exact) mass is 267 g/mol. The van der Waals surface area contributed by atoms with Crippen LogP contribution in [0.1, 0.15) is 25.5 Å². The first-order valence-corrected chi connectivity index (χ1v) is 6.42. The first kappa shape index (κ1) is 15.5. The quantitative estimate of drug-likeness (QED) is 0.825. The lowest BCUT2D eigenvalue weighted by Crippen LogP contribution is -2.33. The highest BCUT2D eigenvalue weighted by Gasteiger charge is 2.15. The summed E-state index contributed by atoms with van der Waals surface area (Å²) >= 11 is 0. The van der Waals surface area contributed by atoms with Gasteiger partial charge in [0.05, 0.1) is 6.07 Å². The third kappa shape index (κ3) is 4.58. The first-order valence-electron chi connectivity index (χ1n) is 6.42. The van der Waals surface area contributed by atoms with E-state index in [1.807, 2.05) is 6.07 Å². The van der Waals surface area contributed by atoms with Gasteiger partial charge in [0.1, 0.15) is 17.7 Å². The third-order valence-corrected chi connectivity index (χ3v) is 3.07. The average Bonchev–Trinajstić information content (AvgIpc) is 2.40. The summed E-state index contributed by atoms with van der Waals surface area (Å²) < 4.78 is 26.4. The highest BCUT2D eigenvalue weighted by Crippen LogP contribution is 2.17. The van der Waals surface area contributed by atoms with Crippen LogP contribution < -0.4 is 5.32 Å². The molecule has 1 unspecified atom stereocenters. The van der Waals surface area contributed by atoms with E-state index in [0.29, 0.717) is 6.54 Å². The van der Waals surface area contributed by atoms with Gasteiger partial charge in [0.15, 0.2) is 0 Å². The second kappa shape index (κ2) is 7.82. The molecule has 0 fully saturated rings. The molecule has 1 rings (SSSR count). The minimum absolute atomic E-state index is 0.184. The van der Waals surface area contributed by atoms with E-state index < -0.39 is 17.7 Å². The zero-order valence-corrected chi connectivity index (χ0v) is 11.3. The lowest BCUT2D eigenvalue weighted by atomic mass is 10.1. The molecule has 19 heavy (non-hydrogen) atoms. The van der Waals surface area contributed by atoms with Gasteiger partial charge in [-0.2, -0.15) is 5.26 Å². The van der Waals surface area contributed by atoms with E-state index in [-0.39, 0.29) is 5.56 Å². The Morgan fingerprint density at radius 3 is 2.53 bits per heavy atom. The fourth-order valence-electron chi connectivity index (χ4n) is 1.87. The summed E-state index contributed by atoms with van der Waals surface area (Å²) in [5.41, 5.74) is 0.184. The zero-order chi connectivity index (χ0) is 14.3. The van der Waals surface area contributed by atoms with Crippen molar-refractivity contribution in [3.8, 4) is 6.07 Å². The SMILES string of the molecule is CCN(CC)CCNC(C#N)c1ccc(F)cc1F. The molecule has 0 saturated carbocycles. The van der Waals surface area contributed by atoms with Gasteiger partial charge < -0.3 is 4.90 Å². The summed E-state index contributed by atoms with van der Waals surface area (Å²) in [5.74, 6) is -1.33. The molecule has 1 aromatic rings. The number of halogens is 2. The van der Waals surface area contributed by atoms with Gasteiger partial charge in [-0.25, -0.2) is 8.78 Å². The van der Waals surface area contributed by atoms with E-state index in [4.69, 9.17) is 5.26 Å². The Morgan fingerprint density at radius 2 is 2.00 bits per heavy atom. The van der Waals surface area contributed by atoms with Crippen molar-refractivity contribution in [1.29, 1.82) is 5.26 Å². The predicted octanol–water partition coefficient (Wildman–Crippen LogP) is 2.46. The molecular weight excluding hydrogens is 248 g/mol. The normalized spacial score (nSPS) is 12.4. The topological polar surface area (TPSA) is 39.1 Å². The summed E-state index contributed by atoms with van der Waals surface area (Å²) in [6.07, 6.45) is 0. The van der Waals surface area contributed by atoms with Gasteiger partial charge in [0.25, 0.3) is 0 Å². The molecule has 0 saturated heterocycles. The Labute approximate surface area is 112 Å². The molecule has 0 aliphatic heterocycles. The molecule has 0 heterocycles. The Kier molecular flexibility index (Phi) is 6.40. The lowest BCUT2D eigenvalue weighted by Gasteiger charge is -2.19. The first-order chi connectivity index (χ1) is 9.12. The van der Waals surface area contributed by atoms with Crippen molar-refractivity contribution in [2.45, 2.75) is 19.9 Å². The summed E-state index contributed by atoms with van der Waals surface area (Å²) in [6.45, 7) is 7.35. The molecule has 0 aromatic heterocycles. The number of benzene rings is 1. The molecule has 1 aromatic carbocycles. The predicted molar refractivity (Wildman–Crippen MR) is 70.5 cm³/mol. The maximum atomic E-state index is 13.6. The van der Waals surface area contributed by atoms with Crippen molar-refractivity contribution < 1.29 is 8.78 Å². The van der Waals surface area contributed by atoms with Gasteiger partial charge in [0, 0.05) is 24.7 Å². The molecule has 0 amide bonds. The minimum Gasteiger partial charge on any atom is -0.303 e. The highest BCUT2D eigenvalue weighted by molar-refractivity contribution is 5.26. The van der Waals surface area contributed by atoms with Crippen LogP contribution in [-0.4, -0.2) is 31.1 Å². The average molecular weight is 267 g/mol. The molecule has 1 atom stereocenters. The van der Waals surface area contributed by atoms with Gasteiger partial charge in [-0.15, -0.1) is 0 Å². The van der Waals surface area contributed by atoms with E-state index in [1.54, 1.807) is 0 Å². The van der Waals surface area contributed by atoms with Crippen molar-refractivity contribution in [3.63, 3.8) is 0 Å². The minimum atomic E-state index is -0.754. The van der Waals surface area contributed by atoms with Crippen LogP contribution in [0.2, 0.25) is 0 Å². The number of rotatable bonds is 7. The maximum Gasteiger partial charge on any atom is 0.131 e. The number of hydrogen-bond donors (Lipinski definition) is 1. The largest absolute Gasteiger partial charge is 0.303 e. The smallest absolute Gasteiger partial charge is 0.131 e. The molecule has 0 bridgehead atoms. The van der Waals surface area contributed by atoms with Crippen molar-refractivity contribution in [2.24, 2.45) is 0 Å². The van der Waals surface area contributed by atoms with Crippen LogP contribution in [0.5, 0.6) is 0 Å². The van der Waals surface area contributed by atoms with Gasteiger partial charge >= 0.3 is 0 Å². The Bertz CT molecular complexity index is 439. The van der Waals surface area contributed by atoms with E-state index in [2.05, 4.69) is 24.1 Å². The second-order valence-corrected chi connectivity index (χ2v) is 4.21. The Hall–Kier alpha value is -1.51. The van der Waals surface area contributed by atoms with Gasteiger partial charge in [0.2, 0.25) is 0 Å². The highest BCUT2D eigenvalue weighted by atomic mass is 19.1. The van der Waals surface area contributed by atoms with Gasteiger partial charge in [-0.1, -0.05) is 19.9 Å². The molecule has 104 valence electrons. The third-order valence-electron chi connectivity index (χ3n) is 3.07. The fourth-order valence-corrected chi connectivity index (χ4v) is 1.87. The number of nitrogens with zero attached hydrogens (tertiary/aromatic N) is 2. The number of hydrogen-bond acceptors (Lipinski definition) is 3. The van der Waals surface area contributed by atoms with Crippen LogP contribution in [0.15, 0.2) is 18.2 Å². The molecule has 0 aliphatic rings. The molecule has 5 heteroatoms. The zero-order valence-electron chi connectivity index (χ0n) is 11.3. The number of likely N-dealkylation sites (N-methyl/N-ethyl adjacent to an activating group) is 1. The Balaban J connectivity index is 2.61. The molecule has 0 radical (unpaired) electrons. The van der Waals surface area contributed by atoms with Crippen molar-refractivity contribution >= 4 is 0 Å². The van der Waals surface area contributed by atoms with Crippen LogP contribution in [0, 0.1) is 23.0 Å². The van der Waals surface area contributed by atoms with Crippen molar-refractivity contribution in [1.82, 2.24) is 10.2 Å². The van der Waals surface area contributed by atoms with Crippen LogP contribution in [0.4, 0.5) is 8.78 Å². The van der Waals surface area contributed by atoms with Crippen LogP contribution in [0.25, 0.3) is 0 Å². The molecule has 0 spiro atoms. The number of nitriles is 1.